The van der Waals surface area contributed by atoms with Gasteiger partial charge in [-0.2, -0.15) is 0 Å². The van der Waals surface area contributed by atoms with Gasteiger partial charge in [-0.3, -0.25) is 4.79 Å². The fraction of sp³-hybridized carbons (Fsp3) is 0.100. The second kappa shape index (κ2) is 10.9. The lowest BCUT2D eigenvalue weighted by Gasteiger charge is -2.16. The van der Waals surface area contributed by atoms with Crippen LogP contribution >= 0.6 is 0 Å². The monoisotopic (exact) mass is 543 g/mol. The third kappa shape index (κ3) is 6.12. The normalized spacial score (nSPS) is 11.2. The topological polar surface area (TPSA) is 81.1 Å². The Labute approximate surface area is 228 Å². The molecule has 0 aliphatic heterocycles. The number of carbonyl (C=O) groups is 1. The molecule has 1 amide bonds. The number of benzene rings is 4. The Morgan fingerprint density at radius 2 is 1.52 bits per heavy atom. The predicted octanol–water partition coefficient (Wildman–Crippen LogP) is 7.45. The number of rotatable bonds is 7. The van der Waals surface area contributed by atoms with Gasteiger partial charge in [0.25, 0.3) is 5.91 Å². The Balaban J connectivity index is 1.28. The van der Waals surface area contributed by atoms with E-state index in [0.717, 1.165) is 16.8 Å². The first-order valence-electron chi connectivity index (χ1n) is 12.3. The molecule has 0 unspecified atom stereocenters. The Kier molecular flexibility index (Phi) is 7.24. The summed E-state index contributed by atoms with van der Waals surface area (Å²) < 4.78 is 42.5. The summed E-state index contributed by atoms with van der Waals surface area (Å²) in [5.74, 6) is -0.169. The van der Waals surface area contributed by atoms with Crippen molar-refractivity contribution >= 4 is 23.0 Å². The van der Waals surface area contributed by atoms with E-state index >= 15 is 0 Å². The van der Waals surface area contributed by atoms with E-state index in [1.54, 1.807) is 30.3 Å². The molecular formula is C30H24F3N5O2. The molecule has 1 heterocycles. The highest BCUT2D eigenvalue weighted by Gasteiger charge is 2.31. The number of aryl methyl sites for hydroxylation is 2. The standard InChI is InChI=1S/C30H24F3N5O2/c1-19-6-5-7-20(2)27(19)36-26-9-4-3-8-25(26)29(39)35-22-12-10-21(11-13-22)28-34-18-38(37-28)23-14-16-24(17-15-23)40-30(31,32)33/h3-18,36H,1-2H3,(H,35,39). The number of anilines is 3. The van der Waals surface area contributed by atoms with E-state index in [0.29, 0.717) is 34.0 Å². The Hall–Kier alpha value is -5.12. The van der Waals surface area contributed by atoms with Gasteiger partial charge in [0.2, 0.25) is 0 Å². The number of para-hydroxylation sites is 2. The molecule has 0 aliphatic carbocycles. The largest absolute Gasteiger partial charge is 0.573 e. The average Bonchev–Trinajstić information content (AvgIpc) is 3.41. The summed E-state index contributed by atoms with van der Waals surface area (Å²) in [6.45, 7) is 4.03. The second-order valence-corrected chi connectivity index (χ2v) is 9.02. The van der Waals surface area contributed by atoms with Gasteiger partial charge in [-0.25, -0.2) is 9.67 Å². The van der Waals surface area contributed by atoms with E-state index in [1.165, 1.54) is 35.3 Å². The van der Waals surface area contributed by atoms with E-state index in [-0.39, 0.29) is 11.7 Å². The molecular weight excluding hydrogens is 519 g/mol. The second-order valence-electron chi connectivity index (χ2n) is 9.02. The molecule has 0 bridgehead atoms. The van der Waals surface area contributed by atoms with Crippen LogP contribution in [-0.2, 0) is 0 Å². The average molecular weight is 544 g/mol. The molecule has 0 saturated carbocycles. The zero-order chi connectivity index (χ0) is 28.3. The number of hydrogen-bond acceptors (Lipinski definition) is 5. The molecule has 4 aromatic carbocycles. The van der Waals surface area contributed by atoms with Crippen LogP contribution in [0.15, 0.2) is 97.3 Å². The van der Waals surface area contributed by atoms with E-state index in [9.17, 15) is 18.0 Å². The molecule has 5 aromatic rings. The summed E-state index contributed by atoms with van der Waals surface area (Å²) in [7, 11) is 0. The third-order valence-electron chi connectivity index (χ3n) is 6.14. The van der Waals surface area contributed by atoms with Gasteiger partial charge in [-0.15, -0.1) is 18.3 Å². The number of hydrogen-bond donors (Lipinski definition) is 2. The van der Waals surface area contributed by atoms with Gasteiger partial charge >= 0.3 is 6.36 Å². The number of carbonyl (C=O) groups excluding carboxylic acids is 1. The van der Waals surface area contributed by atoms with Crippen LogP contribution in [0.25, 0.3) is 17.1 Å². The molecule has 5 rings (SSSR count). The molecule has 202 valence electrons. The van der Waals surface area contributed by atoms with Crippen LogP contribution in [0, 0.1) is 13.8 Å². The van der Waals surface area contributed by atoms with Crippen LogP contribution in [0.1, 0.15) is 21.5 Å². The first-order chi connectivity index (χ1) is 19.2. The van der Waals surface area contributed by atoms with Crippen molar-refractivity contribution in [2.24, 2.45) is 0 Å². The van der Waals surface area contributed by atoms with Gasteiger partial charge in [-0.05, 0) is 85.6 Å². The van der Waals surface area contributed by atoms with Gasteiger partial charge < -0.3 is 15.4 Å². The number of ether oxygens (including phenoxy) is 1. The zero-order valence-corrected chi connectivity index (χ0v) is 21.5. The van der Waals surface area contributed by atoms with E-state index in [1.807, 2.05) is 50.2 Å². The fourth-order valence-electron chi connectivity index (χ4n) is 4.16. The molecule has 0 saturated heterocycles. The molecule has 10 heteroatoms. The first kappa shape index (κ1) is 26.5. The molecule has 7 nitrogen and oxygen atoms in total. The van der Waals surface area contributed by atoms with Crippen molar-refractivity contribution in [3.63, 3.8) is 0 Å². The van der Waals surface area contributed by atoms with Crippen LogP contribution in [0.4, 0.5) is 30.2 Å². The van der Waals surface area contributed by atoms with E-state index in [2.05, 4.69) is 25.5 Å². The molecule has 1 aromatic heterocycles. The van der Waals surface area contributed by atoms with Crippen LogP contribution in [-0.4, -0.2) is 27.0 Å². The third-order valence-corrected chi connectivity index (χ3v) is 6.14. The van der Waals surface area contributed by atoms with Crippen molar-refractivity contribution in [3.05, 3.63) is 114 Å². The number of aromatic nitrogens is 3. The van der Waals surface area contributed by atoms with Gasteiger partial charge in [-0.1, -0.05) is 30.3 Å². The van der Waals surface area contributed by atoms with Crippen LogP contribution in [0.3, 0.4) is 0 Å². The zero-order valence-electron chi connectivity index (χ0n) is 21.5. The quantitative estimate of drug-likeness (QED) is 0.223. The van der Waals surface area contributed by atoms with Crippen molar-refractivity contribution in [2.75, 3.05) is 10.6 Å². The summed E-state index contributed by atoms with van der Waals surface area (Å²) in [6.07, 6.45) is -3.29. The van der Waals surface area contributed by atoms with Crippen LogP contribution in [0.5, 0.6) is 5.75 Å². The molecule has 0 spiro atoms. The van der Waals surface area contributed by atoms with Crippen molar-refractivity contribution in [2.45, 2.75) is 20.2 Å². The van der Waals surface area contributed by atoms with Gasteiger partial charge in [0.05, 0.1) is 16.9 Å². The molecule has 2 N–H and O–H groups in total. The molecule has 0 radical (unpaired) electrons. The number of nitrogens with zero attached hydrogens (tertiary/aromatic N) is 3. The van der Waals surface area contributed by atoms with Gasteiger partial charge in [0.15, 0.2) is 5.82 Å². The Bertz CT molecular complexity index is 1630. The Morgan fingerprint density at radius 1 is 0.850 bits per heavy atom. The summed E-state index contributed by atoms with van der Waals surface area (Å²) in [5, 5.41) is 10.7. The number of nitrogens with one attached hydrogen (secondary N) is 2. The lowest BCUT2D eigenvalue weighted by Crippen LogP contribution is -2.17. The Morgan fingerprint density at radius 3 is 2.20 bits per heavy atom. The summed E-state index contributed by atoms with van der Waals surface area (Å²) in [6, 6.07) is 25.7. The summed E-state index contributed by atoms with van der Waals surface area (Å²) in [4.78, 5) is 17.5. The van der Waals surface area contributed by atoms with Crippen molar-refractivity contribution < 1.29 is 22.7 Å². The minimum absolute atomic E-state index is 0.262. The van der Waals surface area contributed by atoms with Gasteiger partial charge in [0, 0.05) is 16.9 Å². The number of amides is 1. The lowest BCUT2D eigenvalue weighted by atomic mass is 10.1. The minimum Gasteiger partial charge on any atom is -0.406 e. The highest BCUT2D eigenvalue weighted by molar-refractivity contribution is 6.08. The summed E-state index contributed by atoms with van der Waals surface area (Å²) >= 11 is 0. The highest BCUT2D eigenvalue weighted by atomic mass is 19.4. The molecule has 0 atom stereocenters. The van der Waals surface area contributed by atoms with Crippen molar-refractivity contribution in [1.82, 2.24) is 14.8 Å². The number of halogens is 3. The smallest absolute Gasteiger partial charge is 0.406 e. The maximum Gasteiger partial charge on any atom is 0.573 e. The van der Waals surface area contributed by atoms with E-state index < -0.39 is 6.36 Å². The van der Waals surface area contributed by atoms with E-state index in [4.69, 9.17) is 0 Å². The molecule has 0 fully saturated rings. The SMILES string of the molecule is Cc1cccc(C)c1Nc1ccccc1C(=O)Nc1ccc(-c2ncn(-c3ccc(OC(F)(F)F)cc3)n2)cc1. The lowest BCUT2D eigenvalue weighted by molar-refractivity contribution is -0.274. The molecule has 40 heavy (non-hydrogen) atoms. The van der Waals surface area contributed by atoms with Crippen LogP contribution in [0.2, 0.25) is 0 Å². The maximum absolute atomic E-state index is 13.2. The first-order valence-corrected chi connectivity index (χ1v) is 12.3. The minimum atomic E-state index is -4.76. The van der Waals surface area contributed by atoms with Crippen molar-refractivity contribution in [1.29, 1.82) is 0 Å². The highest BCUT2D eigenvalue weighted by Crippen LogP contribution is 2.28. The predicted molar refractivity (Wildman–Crippen MR) is 147 cm³/mol. The fourth-order valence-corrected chi connectivity index (χ4v) is 4.16. The summed E-state index contributed by atoms with van der Waals surface area (Å²) in [5.41, 5.74) is 6.13. The van der Waals surface area contributed by atoms with Crippen molar-refractivity contribution in [3.8, 4) is 22.8 Å². The number of alkyl halides is 3. The van der Waals surface area contributed by atoms with Gasteiger partial charge in [0.1, 0.15) is 12.1 Å². The molecule has 0 aliphatic rings. The van der Waals surface area contributed by atoms with Crippen LogP contribution < -0.4 is 15.4 Å². The maximum atomic E-state index is 13.2.